The van der Waals surface area contributed by atoms with E-state index >= 15 is 0 Å². The van der Waals surface area contributed by atoms with Crippen LogP contribution in [0.5, 0.6) is 0 Å². The molecule has 3 heteroatoms. The van der Waals surface area contributed by atoms with Gasteiger partial charge in [-0.05, 0) is 18.9 Å². The number of hydrogen-bond donors (Lipinski definition) is 1. The lowest BCUT2D eigenvalue weighted by atomic mass is 10.2. The van der Waals surface area contributed by atoms with Gasteiger partial charge in [-0.15, -0.1) is 0 Å². The maximum absolute atomic E-state index is 6.98. The molecule has 1 aromatic rings. The van der Waals surface area contributed by atoms with Crippen molar-refractivity contribution in [2.45, 2.75) is 26.1 Å². The maximum atomic E-state index is 6.98. The average molecular weight is 247 g/mol. The SMILES string of the molecule is CC=CCC(COCc1ccccc1)OCC=N. The van der Waals surface area contributed by atoms with Gasteiger partial charge < -0.3 is 14.9 Å². The van der Waals surface area contributed by atoms with Gasteiger partial charge in [0.05, 0.1) is 25.9 Å². The Morgan fingerprint density at radius 3 is 2.72 bits per heavy atom. The van der Waals surface area contributed by atoms with E-state index in [9.17, 15) is 0 Å². The summed E-state index contributed by atoms with van der Waals surface area (Å²) >= 11 is 0. The van der Waals surface area contributed by atoms with E-state index in [1.807, 2.05) is 43.3 Å². The van der Waals surface area contributed by atoms with Gasteiger partial charge in [0.15, 0.2) is 0 Å². The Bertz CT molecular complexity index is 349. The minimum absolute atomic E-state index is 0.0199. The molecule has 0 radical (unpaired) electrons. The topological polar surface area (TPSA) is 42.3 Å². The lowest BCUT2D eigenvalue weighted by Crippen LogP contribution is -2.20. The smallest absolute Gasteiger partial charge is 0.0847 e. The summed E-state index contributed by atoms with van der Waals surface area (Å²) in [6.07, 6.45) is 6.16. The fraction of sp³-hybridized carbons (Fsp3) is 0.400. The lowest BCUT2D eigenvalue weighted by molar-refractivity contribution is -0.00522. The van der Waals surface area contributed by atoms with Gasteiger partial charge in [0.2, 0.25) is 0 Å². The van der Waals surface area contributed by atoms with E-state index in [2.05, 4.69) is 6.08 Å². The number of ether oxygens (including phenoxy) is 2. The van der Waals surface area contributed by atoms with E-state index in [1.54, 1.807) is 0 Å². The summed E-state index contributed by atoms with van der Waals surface area (Å²) in [4.78, 5) is 0. The Hall–Kier alpha value is -1.45. The van der Waals surface area contributed by atoms with Gasteiger partial charge in [-0.25, -0.2) is 0 Å². The number of nitrogens with one attached hydrogen (secondary N) is 1. The summed E-state index contributed by atoms with van der Waals surface area (Å²) in [5, 5.41) is 6.98. The fourth-order valence-corrected chi connectivity index (χ4v) is 1.54. The van der Waals surface area contributed by atoms with Crippen LogP contribution in [0.2, 0.25) is 0 Å². The van der Waals surface area contributed by atoms with Crippen LogP contribution in [0.4, 0.5) is 0 Å². The van der Waals surface area contributed by atoms with Crippen LogP contribution in [-0.2, 0) is 16.1 Å². The molecule has 0 saturated carbocycles. The molecule has 0 aliphatic rings. The Labute approximate surface area is 109 Å². The van der Waals surface area contributed by atoms with Crippen molar-refractivity contribution in [1.82, 2.24) is 0 Å². The van der Waals surface area contributed by atoms with Crippen molar-refractivity contribution in [2.24, 2.45) is 0 Å². The monoisotopic (exact) mass is 247 g/mol. The van der Waals surface area contributed by atoms with Crippen LogP contribution in [0.15, 0.2) is 42.5 Å². The second-order valence-corrected chi connectivity index (χ2v) is 3.96. The molecule has 3 nitrogen and oxygen atoms in total. The third kappa shape index (κ3) is 6.33. The van der Waals surface area contributed by atoms with Gasteiger partial charge in [0, 0.05) is 6.21 Å². The van der Waals surface area contributed by atoms with Crippen molar-refractivity contribution in [3.05, 3.63) is 48.0 Å². The van der Waals surface area contributed by atoms with Crippen LogP contribution in [0.3, 0.4) is 0 Å². The molecule has 18 heavy (non-hydrogen) atoms. The van der Waals surface area contributed by atoms with Crippen LogP contribution < -0.4 is 0 Å². The van der Waals surface area contributed by atoms with E-state index in [4.69, 9.17) is 14.9 Å². The molecule has 0 heterocycles. The van der Waals surface area contributed by atoms with Crippen molar-refractivity contribution >= 4 is 6.21 Å². The molecule has 1 rings (SSSR count). The molecule has 98 valence electrons. The number of hydrogen-bond acceptors (Lipinski definition) is 3. The van der Waals surface area contributed by atoms with Crippen molar-refractivity contribution in [2.75, 3.05) is 13.2 Å². The molecule has 0 bridgehead atoms. The normalized spacial score (nSPS) is 12.7. The highest BCUT2D eigenvalue weighted by Crippen LogP contribution is 2.05. The summed E-state index contributed by atoms with van der Waals surface area (Å²) in [7, 11) is 0. The molecule has 0 fully saturated rings. The molecule has 0 aliphatic carbocycles. The standard InChI is InChI=1S/C15H21NO2/c1-2-3-9-15(18-11-10-16)13-17-12-14-7-5-4-6-8-14/h2-8,10,15-16H,9,11-13H2,1H3. The van der Waals surface area contributed by atoms with E-state index in [0.29, 0.717) is 19.8 Å². The largest absolute Gasteiger partial charge is 0.374 e. The summed E-state index contributed by atoms with van der Waals surface area (Å²) in [6.45, 7) is 3.48. The van der Waals surface area contributed by atoms with Crippen LogP contribution in [0.1, 0.15) is 18.9 Å². The van der Waals surface area contributed by atoms with Crippen molar-refractivity contribution < 1.29 is 9.47 Å². The molecule has 1 unspecified atom stereocenters. The molecule has 0 aromatic heterocycles. The van der Waals surface area contributed by atoms with E-state index in [1.165, 1.54) is 6.21 Å². The van der Waals surface area contributed by atoms with Crippen LogP contribution >= 0.6 is 0 Å². The van der Waals surface area contributed by atoms with Gasteiger partial charge in [-0.1, -0.05) is 42.5 Å². The maximum Gasteiger partial charge on any atom is 0.0847 e. The zero-order chi connectivity index (χ0) is 13.1. The zero-order valence-corrected chi connectivity index (χ0v) is 10.8. The third-order valence-electron chi connectivity index (χ3n) is 2.47. The van der Waals surface area contributed by atoms with Crippen molar-refractivity contribution in [1.29, 1.82) is 5.41 Å². The predicted octanol–water partition coefficient (Wildman–Crippen LogP) is 3.20. The minimum Gasteiger partial charge on any atom is -0.374 e. The first kappa shape index (κ1) is 14.6. The lowest BCUT2D eigenvalue weighted by Gasteiger charge is -2.15. The second kappa shape index (κ2) is 9.57. The summed E-state index contributed by atoms with van der Waals surface area (Å²) in [5.74, 6) is 0. The molecule has 0 spiro atoms. The molecule has 1 N–H and O–H groups in total. The Morgan fingerprint density at radius 1 is 1.28 bits per heavy atom. The second-order valence-electron chi connectivity index (χ2n) is 3.96. The molecular formula is C15H21NO2. The van der Waals surface area contributed by atoms with Gasteiger partial charge in [-0.3, -0.25) is 0 Å². The number of benzene rings is 1. The van der Waals surface area contributed by atoms with Gasteiger partial charge in [0.1, 0.15) is 0 Å². The van der Waals surface area contributed by atoms with Crippen LogP contribution in [0, 0.1) is 5.41 Å². The number of rotatable bonds is 9. The predicted molar refractivity (Wildman–Crippen MR) is 74.1 cm³/mol. The highest BCUT2D eigenvalue weighted by Gasteiger charge is 2.07. The summed E-state index contributed by atoms with van der Waals surface area (Å²) in [6, 6.07) is 10.1. The molecular weight excluding hydrogens is 226 g/mol. The van der Waals surface area contributed by atoms with Gasteiger partial charge in [0.25, 0.3) is 0 Å². The van der Waals surface area contributed by atoms with Crippen LogP contribution in [0.25, 0.3) is 0 Å². The van der Waals surface area contributed by atoms with E-state index in [0.717, 1.165) is 12.0 Å². The summed E-state index contributed by atoms with van der Waals surface area (Å²) in [5.41, 5.74) is 1.16. The first-order valence-corrected chi connectivity index (χ1v) is 6.20. The Morgan fingerprint density at radius 2 is 2.06 bits per heavy atom. The quantitative estimate of drug-likeness (QED) is 0.538. The van der Waals surface area contributed by atoms with Crippen LogP contribution in [-0.4, -0.2) is 25.5 Å². The summed E-state index contributed by atoms with van der Waals surface area (Å²) < 4.78 is 11.2. The van der Waals surface area contributed by atoms with Gasteiger partial charge in [-0.2, -0.15) is 0 Å². The number of allylic oxidation sites excluding steroid dienone is 1. The first-order chi connectivity index (χ1) is 8.86. The average Bonchev–Trinajstić information content (AvgIpc) is 2.42. The fourth-order valence-electron chi connectivity index (χ4n) is 1.54. The third-order valence-corrected chi connectivity index (χ3v) is 2.47. The highest BCUT2D eigenvalue weighted by molar-refractivity contribution is 5.54. The Balaban J connectivity index is 2.29. The zero-order valence-electron chi connectivity index (χ0n) is 10.8. The van der Waals surface area contributed by atoms with Crippen molar-refractivity contribution in [3.63, 3.8) is 0 Å². The first-order valence-electron chi connectivity index (χ1n) is 6.20. The Kier molecular flexibility index (Phi) is 7.77. The van der Waals surface area contributed by atoms with E-state index < -0.39 is 0 Å². The van der Waals surface area contributed by atoms with Gasteiger partial charge >= 0.3 is 0 Å². The van der Waals surface area contributed by atoms with E-state index in [-0.39, 0.29) is 6.10 Å². The molecule has 0 amide bonds. The molecule has 0 saturated heterocycles. The molecule has 1 atom stereocenters. The minimum atomic E-state index is 0.0199. The highest BCUT2D eigenvalue weighted by atomic mass is 16.5. The molecule has 1 aromatic carbocycles. The molecule has 0 aliphatic heterocycles. The van der Waals surface area contributed by atoms with Crippen molar-refractivity contribution in [3.8, 4) is 0 Å².